The average molecular weight is 391 g/mol. The SMILES string of the molecule is Cn1cccc(C(=O)N2CCN(c3ccc(Nc4cccnc4)nn3)CC2)c1=O. The van der Waals surface area contributed by atoms with Crippen molar-refractivity contribution in [1.82, 2.24) is 24.6 Å². The van der Waals surface area contributed by atoms with Gasteiger partial charge in [-0.25, -0.2) is 0 Å². The van der Waals surface area contributed by atoms with E-state index in [-0.39, 0.29) is 17.0 Å². The fraction of sp³-hybridized carbons (Fsp3) is 0.250. The molecule has 1 N–H and O–H groups in total. The molecular weight excluding hydrogens is 370 g/mol. The molecule has 9 nitrogen and oxygen atoms in total. The molecule has 29 heavy (non-hydrogen) atoms. The van der Waals surface area contributed by atoms with E-state index in [1.165, 1.54) is 4.57 Å². The molecule has 4 heterocycles. The minimum absolute atomic E-state index is 0.203. The Labute approximate surface area is 167 Å². The molecular formula is C20H21N7O2. The minimum atomic E-state index is -0.275. The summed E-state index contributed by atoms with van der Waals surface area (Å²) in [5.74, 6) is 1.16. The standard InChI is InChI=1S/C20H21N7O2/c1-25-9-3-5-16(19(25)28)20(29)27-12-10-26(11-13-27)18-7-6-17(23-24-18)22-15-4-2-8-21-14-15/h2-9,14H,10-13H2,1H3,(H,22,23). The highest BCUT2D eigenvalue weighted by atomic mass is 16.2. The number of carbonyl (C=O) groups excluding carboxylic acids is 1. The summed E-state index contributed by atoms with van der Waals surface area (Å²) in [5.41, 5.74) is 0.769. The van der Waals surface area contributed by atoms with Gasteiger partial charge in [-0.3, -0.25) is 14.6 Å². The maximum atomic E-state index is 12.7. The van der Waals surface area contributed by atoms with Crippen LogP contribution in [0.5, 0.6) is 0 Å². The van der Waals surface area contributed by atoms with Crippen LogP contribution in [-0.2, 0) is 7.05 Å². The number of rotatable bonds is 4. The van der Waals surface area contributed by atoms with Gasteiger partial charge in [-0.1, -0.05) is 0 Å². The number of amides is 1. The van der Waals surface area contributed by atoms with Gasteiger partial charge in [0.25, 0.3) is 11.5 Å². The fourth-order valence-corrected chi connectivity index (χ4v) is 3.21. The summed E-state index contributed by atoms with van der Waals surface area (Å²) in [4.78, 5) is 32.7. The third-order valence-electron chi connectivity index (χ3n) is 4.83. The van der Waals surface area contributed by atoms with Gasteiger partial charge in [-0.2, -0.15) is 0 Å². The summed E-state index contributed by atoms with van der Waals surface area (Å²) in [5, 5.41) is 11.7. The molecule has 1 fully saturated rings. The number of pyridine rings is 2. The molecule has 0 atom stereocenters. The summed E-state index contributed by atoms with van der Waals surface area (Å²) in [6.45, 7) is 2.30. The minimum Gasteiger partial charge on any atom is -0.352 e. The van der Waals surface area contributed by atoms with E-state index >= 15 is 0 Å². The van der Waals surface area contributed by atoms with Crippen molar-refractivity contribution in [2.24, 2.45) is 7.05 Å². The molecule has 0 spiro atoms. The number of aromatic nitrogens is 4. The number of piperazine rings is 1. The van der Waals surface area contributed by atoms with E-state index in [0.29, 0.717) is 32.0 Å². The van der Waals surface area contributed by atoms with Gasteiger partial charge in [0, 0.05) is 45.6 Å². The van der Waals surface area contributed by atoms with Gasteiger partial charge in [0.15, 0.2) is 11.6 Å². The largest absolute Gasteiger partial charge is 0.352 e. The lowest BCUT2D eigenvalue weighted by atomic mass is 10.2. The van der Waals surface area contributed by atoms with E-state index in [1.54, 1.807) is 42.7 Å². The quantitative estimate of drug-likeness (QED) is 0.716. The van der Waals surface area contributed by atoms with Gasteiger partial charge < -0.3 is 19.7 Å². The smallest absolute Gasteiger partial charge is 0.263 e. The Morgan fingerprint density at radius 1 is 1.03 bits per heavy atom. The van der Waals surface area contributed by atoms with E-state index in [4.69, 9.17) is 0 Å². The lowest BCUT2D eigenvalue weighted by Crippen LogP contribution is -2.50. The third-order valence-corrected chi connectivity index (χ3v) is 4.83. The number of nitrogens with zero attached hydrogens (tertiary/aromatic N) is 6. The average Bonchev–Trinajstić information content (AvgIpc) is 2.77. The molecule has 1 amide bonds. The Kier molecular flexibility index (Phi) is 5.19. The Morgan fingerprint density at radius 3 is 2.55 bits per heavy atom. The molecule has 3 aromatic heterocycles. The van der Waals surface area contributed by atoms with Crippen molar-refractivity contribution in [3.05, 3.63) is 70.9 Å². The van der Waals surface area contributed by atoms with Crippen LogP contribution in [-0.4, -0.2) is 56.7 Å². The van der Waals surface area contributed by atoms with Gasteiger partial charge in [0.1, 0.15) is 5.56 Å². The van der Waals surface area contributed by atoms with Crippen LogP contribution in [0.15, 0.2) is 59.8 Å². The van der Waals surface area contributed by atoms with Crippen molar-refractivity contribution >= 4 is 23.2 Å². The number of carbonyl (C=O) groups is 1. The summed E-state index contributed by atoms with van der Waals surface area (Å²) < 4.78 is 1.42. The second-order valence-corrected chi connectivity index (χ2v) is 6.76. The molecule has 0 aromatic carbocycles. The second kappa shape index (κ2) is 8.09. The first-order valence-corrected chi connectivity index (χ1v) is 9.32. The van der Waals surface area contributed by atoms with Crippen LogP contribution in [0.3, 0.4) is 0 Å². The van der Waals surface area contributed by atoms with Crippen LogP contribution in [0.4, 0.5) is 17.3 Å². The van der Waals surface area contributed by atoms with Crippen molar-refractivity contribution in [2.45, 2.75) is 0 Å². The summed E-state index contributed by atoms with van der Waals surface area (Å²) in [6.07, 6.45) is 5.06. The van der Waals surface area contributed by atoms with Gasteiger partial charge in [-0.15, -0.1) is 10.2 Å². The first-order chi connectivity index (χ1) is 14.1. The molecule has 0 aliphatic carbocycles. The van der Waals surface area contributed by atoms with Crippen molar-refractivity contribution in [2.75, 3.05) is 36.4 Å². The van der Waals surface area contributed by atoms with E-state index in [0.717, 1.165) is 11.5 Å². The summed E-state index contributed by atoms with van der Waals surface area (Å²) >= 11 is 0. The van der Waals surface area contributed by atoms with Crippen molar-refractivity contribution < 1.29 is 4.79 Å². The normalized spacial score (nSPS) is 14.0. The summed E-state index contributed by atoms with van der Waals surface area (Å²) in [7, 11) is 1.64. The number of nitrogens with one attached hydrogen (secondary N) is 1. The van der Waals surface area contributed by atoms with Crippen molar-refractivity contribution in [1.29, 1.82) is 0 Å². The molecule has 0 bridgehead atoms. The maximum Gasteiger partial charge on any atom is 0.263 e. The molecule has 148 valence electrons. The van der Waals surface area contributed by atoms with Gasteiger partial charge in [-0.05, 0) is 36.4 Å². The van der Waals surface area contributed by atoms with Crippen LogP contribution < -0.4 is 15.8 Å². The molecule has 3 aromatic rings. The lowest BCUT2D eigenvalue weighted by molar-refractivity contribution is 0.0744. The first-order valence-electron chi connectivity index (χ1n) is 9.32. The topological polar surface area (TPSA) is 96.2 Å². The Balaban J connectivity index is 1.37. The first kappa shape index (κ1) is 18.6. The van der Waals surface area contributed by atoms with Crippen molar-refractivity contribution in [3.8, 4) is 0 Å². The maximum absolute atomic E-state index is 12.7. The van der Waals surface area contributed by atoms with Crippen LogP contribution >= 0.6 is 0 Å². The van der Waals surface area contributed by atoms with Crippen LogP contribution in [0.2, 0.25) is 0 Å². The van der Waals surface area contributed by atoms with E-state index < -0.39 is 0 Å². The molecule has 1 saturated heterocycles. The Hall–Kier alpha value is -3.75. The zero-order chi connectivity index (χ0) is 20.2. The highest BCUT2D eigenvalue weighted by molar-refractivity contribution is 5.94. The van der Waals surface area contributed by atoms with Crippen LogP contribution in [0.1, 0.15) is 10.4 Å². The predicted molar refractivity (Wildman–Crippen MR) is 109 cm³/mol. The molecule has 0 radical (unpaired) electrons. The van der Waals surface area contributed by atoms with Crippen LogP contribution in [0.25, 0.3) is 0 Å². The molecule has 9 heteroatoms. The molecule has 1 aliphatic heterocycles. The summed E-state index contributed by atoms with van der Waals surface area (Å²) in [6, 6.07) is 10.8. The number of hydrogen-bond donors (Lipinski definition) is 1. The highest BCUT2D eigenvalue weighted by Crippen LogP contribution is 2.17. The Morgan fingerprint density at radius 2 is 1.86 bits per heavy atom. The van der Waals surface area contributed by atoms with E-state index in [1.807, 2.05) is 24.3 Å². The van der Waals surface area contributed by atoms with Gasteiger partial charge >= 0.3 is 0 Å². The number of hydrogen-bond acceptors (Lipinski definition) is 7. The Bertz CT molecular complexity index is 1040. The highest BCUT2D eigenvalue weighted by Gasteiger charge is 2.24. The number of aryl methyl sites for hydroxylation is 1. The molecule has 1 aliphatic rings. The van der Waals surface area contributed by atoms with E-state index in [9.17, 15) is 9.59 Å². The van der Waals surface area contributed by atoms with Crippen molar-refractivity contribution in [3.63, 3.8) is 0 Å². The second-order valence-electron chi connectivity index (χ2n) is 6.76. The van der Waals surface area contributed by atoms with Crippen LogP contribution in [0, 0.1) is 0 Å². The van der Waals surface area contributed by atoms with E-state index in [2.05, 4.69) is 25.4 Å². The fourth-order valence-electron chi connectivity index (χ4n) is 3.21. The molecule has 0 unspecified atom stereocenters. The predicted octanol–water partition coefficient (Wildman–Crippen LogP) is 1.28. The zero-order valence-electron chi connectivity index (χ0n) is 16.0. The molecule has 0 saturated carbocycles. The van der Waals surface area contributed by atoms with Gasteiger partial charge in [0.2, 0.25) is 0 Å². The number of anilines is 3. The lowest BCUT2D eigenvalue weighted by Gasteiger charge is -2.35. The van der Waals surface area contributed by atoms with Gasteiger partial charge in [0.05, 0.1) is 11.9 Å². The molecule has 4 rings (SSSR count). The third kappa shape index (κ3) is 4.08. The zero-order valence-corrected chi connectivity index (χ0v) is 16.0. The monoisotopic (exact) mass is 391 g/mol.